The predicted molar refractivity (Wildman–Crippen MR) is 290 cm³/mol. The van der Waals surface area contributed by atoms with Gasteiger partial charge in [-0.15, -0.1) is 0 Å². The van der Waals surface area contributed by atoms with Crippen molar-refractivity contribution in [2.24, 2.45) is 0 Å². The Bertz CT molecular complexity index is 3560. The summed E-state index contributed by atoms with van der Waals surface area (Å²) in [6.45, 7) is 0. The third-order valence-corrected chi connectivity index (χ3v) is 15.2. The van der Waals surface area contributed by atoms with Crippen molar-refractivity contribution in [2.45, 2.75) is 37.0 Å². The number of rotatable bonds is 8. The van der Waals surface area contributed by atoms with Crippen molar-refractivity contribution < 1.29 is 0 Å². The van der Waals surface area contributed by atoms with Crippen LogP contribution in [0.25, 0.3) is 44.7 Å². The van der Waals surface area contributed by atoms with Crippen LogP contribution in [0.1, 0.15) is 69.7 Å². The molecule has 0 saturated carbocycles. The van der Waals surface area contributed by atoms with Crippen LogP contribution in [-0.4, -0.2) is 0 Å². The summed E-state index contributed by atoms with van der Waals surface area (Å²) in [6, 6.07) is 79.2. The van der Waals surface area contributed by atoms with Gasteiger partial charge in [-0.25, -0.2) is 0 Å². The summed E-state index contributed by atoms with van der Waals surface area (Å²) >= 11 is 0. The van der Waals surface area contributed by atoms with Gasteiger partial charge < -0.3 is 4.90 Å². The topological polar surface area (TPSA) is 3.24 Å². The Morgan fingerprint density at radius 2 is 1.17 bits per heavy atom. The largest absolute Gasteiger partial charge is 0.310 e. The van der Waals surface area contributed by atoms with Crippen LogP contribution in [0.2, 0.25) is 0 Å². The highest BCUT2D eigenvalue weighted by Gasteiger charge is 2.46. The zero-order valence-electron chi connectivity index (χ0n) is 38.6. The van der Waals surface area contributed by atoms with Crippen molar-refractivity contribution in [3.8, 4) is 22.3 Å². The van der Waals surface area contributed by atoms with Crippen LogP contribution in [0.5, 0.6) is 0 Å². The molecule has 9 aromatic rings. The summed E-state index contributed by atoms with van der Waals surface area (Å²) in [5, 5.41) is 2.45. The van der Waals surface area contributed by atoms with Crippen LogP contribution in [0.15, 0.2) is 260 Å². The fraction of sp³-hybridized carbons (Fsp3) is 0.0882. The maximum Gasteiger partial charge on any atom is 0.0713 e. The lowest BCUT2D eigenvalue weighted by atomic mass is 9.68. The van der Waals surface area contributed by atoms with Gasteiger partial charge in [0.1, 0.15) is 0 Å². The first-order valence-corrected chi connectivity index (χ1v) is 24.6. The van der Waals surface area contributed by atoms with Crippen molar-refractivity contribution in [1.82, 2.24) is 0 Å². The van der Waals surface area contributed by atoms with Gasteiger partial charge in [0.05, 0.1) is 5.41 Å². The van der Waals surface area contributed by atoms with Gasteiger partial charge in [-0.2, -0.15) is 0 Å². The Morgan fingerprint density at radius 3 is 1.94 bits per heavy atom. The second kappa shape index (κ2) is 17.1. The molecule has 0 N–H and O–H groups in total. The molecule has 0 amide bonds. The molecule has 13 rings (SSSR count). The number of allylic oxidation sites excluding steroid dienone is 9. The molecule has 0 bridgehead atoms. The molecule has 1 unspecified atom stereocenters. The maximum atomic E-state index is 2.48. The molecule has 9 aromatic carbocycles. The van der Waals surface area contributed by atoms with Crippen LogP contribution in [-0.2, 0) is 11.8 Å². The Kier molecular flexibility index (Phi) is 10.2. The number of hydrogen-bond donors (Lipinski definition) is 0. The van der Waals surface area contributed by atoms with Crippen LogP contribution < -0.4 is 4.90 Å². The fourth-order valence-corrected chi connectivity index (χ4v) is 11.9. The Labute approximate surface area is 406 Å². The van der Waals surface area contributed by atoms with Crippen LogP contribution in [0.3, 0.4) is 0 Å². The monoisotopic (exact) mass is 881 g/mol. The van der Waals surface area contributed by atoms with Gasteiger partial charge in [0, 0.05) is 23.0 Å². The van der Waals surface area contributed by atoms with E-state index in [1.54, 1.807) is 0 Å². The average molecular weight is 882 g/mol. The number of nitrogens with zero attached hydrogens (tertiary/aromatic N) is 1. The Hall–Kier alpha value is -8.26. The summed E-state index contributed by atoms with van der Waals surface area (Å²) in [6.07, 6.45) is 20.7. The lowest BCUT2D eigenvalue weighted by molar-refractivity contribution is 0.768. The summed E-state index contributed by atoms with van der Waals surface area (Å²) < 4.78 is 0. The predicted octanol–water partition coefficient (Wildman–Crippen LogP) is 17.7. The van der Waals surface area contributed by atoms with E-state index in [9.17, 15) is 0 Å². The van der Waals surface area contributed by atoms with E-state index in [0.717, 1.165) is 42.7 Å². The first kappa shape index (κ1) is 41.0. The molecule has 0 aliphatic heterocycles. The highest BCUT2D eigenvalue weighted by molar-refractivity contribution is 5.93. The van der Waals surface area contributed by atoms with Crippen LogP contribution in [0, 0.1) is 0 Å². The molecule has 1 heteroatoms. The minimum atomic E-state index is -0.445. The van der Waals surface area contributed by atoms with E-state index in [-0.39, 0.29) is 0 Å². The summed E-state index contributed by atoms with van der Waals surface area (Å²) in [5.41, 5.74) is 22.9. The smallest absolute Gasteiger partial charge is 0.0713 e. The normalized spacial score (nSPS) is 16.3. The van der Waals surface area contributed by atoms with Crippen molar-refractivity contribution in [1.29, 1.82) is 0 Å². The molecule has 0 spiro atoms. The van der Waals surface area contributed by atoms with Crippen LogP contribution >= 0.6 is 0 Å². The van der Waals surface area contributed by atoms with E-state index in [1.807, 2.05) is 0 Å². The van der Waals surface area contributed by atoms with Gasteiger partial charge >= 0.3 is 0 Å². The molecule has 1 atom stereocenters. The summed E-state index contributed by atoms with van der Waals surface area (Å²) in [7, 11) is 0. The first-order valence-electron chi connectivity index (χ1n) is 24.6. The average Bonchev–Trinajstić information content (AvgIpc) is 3.61. The van der Waals surface area contributed by atoms with Crippen molar-refractivity contribution in [2.75, 3.05) is 4.90 Å². The van der Waals surface area contributed by atoms with E-state index < -0.39 is 5.41 Å². The molecule has 0 fully saturated rings. The molecule has 0 saturated heterocycles. The van der Waals surface area contributed by atoms with Gasteiger partial charge in [0.25, 0.3) is 0 Å². The quantitative estimate of drug-likeness (QED) is 0.147. The van der Waals surface area contributed by atoms with Gasteiger partial charge in [0.2, 0.25) is 0 Å². The summed E-state index contributed by atoms with van der Waals surface area (Å²) in [4.78, 5) is 2.43. The highest BCUT2D eigenvalue weighted by atomic mass is 15.1. The zero-order valence-corrected chi connectivity index (χ0v) is 38.6. The Morgan fingerprint density at radius 1 is 0.493 bits per heavy atom. The van der Waals surface area contributed by atoms with Crippen molar-refractivity contribution in [3.63, 3.8) is 0 Å². The van der Waals surface area contributed by atoms with Gasteiger partial charge in [-0.05, 0) is 156 Å². The number of hydrogen-bond acceptors (Lipinski definition) is 1. The van der Waals surface area contributed by atoms with Crippen molar-refractivity contribution >= 4 is 39.5 Å². The first-order chi connectivity index (χ1) is 34.2. The Balaban J connectivity index is 0.849. The van der Waals surface area contributed by atoms with Crippen LogP contribution in [0.4, 0.5) is 17.1 Å². The zero-order chi connectivity index (χ0) is 45.7. The lowest BCUT2D eigenvalue weighted by Gasteiger charge is -2.34. The minimum absolute atomic E-state index is 0.321. The van der Waals surface area contributed by atoms with Gasteiger partial charge in [-0.1, -0.05) is 218 Å². The second-order valence-electron chi connectivity index (χ2n) is 19.0. The molecular formula is C68H51N. The maximum absolute atomic E-state index is 2.48. The molecule has 4 aliphatic carbocycles. The molecule has 69 heavy (non-hydrogen) atoms. The molecular weight excluding hydrogens is 831 g/mol. The van der Waals surface area contributed by atoms with E-state index in [0.29, 0.717) is 5.92 Å². The molecule has 0 heterocycles. The van der Waals surface area contributed by atoms with Crippen molar-refractivity contribution in [3.05, 3.63) is 304 Å². The summed E-state index contributed by atoms with van der Waals surface area (Å²) in [5.74, 6) is 0.321. The molecule has 4 aliphatic rings. The van der Waals surface area contributed by atoms with Gasteiger partial charge in [0.15, 0.2) is 0 Å². The number of fused-ring (bicyclic) bond motifs is 7. The molecule has 0 aromatic heterocycles. The lowest BCUT2D eigenvalue weighted by Crippen LogP contribution is -2.28. The number of anilines is 3. The van der Waals surface area contributed by atoms with E-state index in [2.05, 4.69) is 260 Å². The minimum Gasteiger partial charge on any atom is -0.310 e. The fourth-order valence-electron chi connectivity index (χ4n) is 11.9. The number of benzene rings is 9. The molecule has 328 valence electrons. The van der Waals surface area contributed by atoms with E-state index in [1.165, 1.54) is 94.3 Å². The second-order valence-corrected chi connectivity index (χ2v) is 19.0. The highest BCUT2D eigenvalue weighted by Crippen LogP contribution is 2.57. The third-order valence-electron chi connectivity index (χ3n) is 15.2. The van der Waals surface area contributed by atoms with Gasteiger partial charge in [-0.3, -0.25) is 0 Å². The molecule has 0 radical (unpaired) electrons. The SMILES string of the molecule is C1=CCCC(C2=Cc3cc(C4C=CC(c5ccc(N(c6ccc7c(c6)-c6ccccc6C7(c6ccccc6)c6ccccc6)c6ccc7ccccc7c6)cc5)=CC4)ccc3-c3ccccc3C2)=C1. The van der Waals surface area contributed by atoms with E-state index in [4.69, 9.17) is 0 Å². The van der Waals surface area contributed by atoms with E-state index >= 15 is 0 Å². The third kappa shape index (κ3) is 7.08. The molecule has 1 nitrogen and oxygen atoms in total. The standard InChI is InChI=1S/C68H51N/c1-4-16-47(17-5-1)55-43-54-20-12-13-25-62(54)63-40-35-53(42-56(63)44-55)51-30-28-49(29-31-51)50-32-36-59(37-33-50)69(60-38-34-48-18-10-11-19-52(48)45-60)61-39-41-67-65(46-61)64-26-14-15-27-66(64)68(67,57-21-6-2-7-22-57)58-23-8-3-9-24-58/h1-4,6-16,18-30,32-42,44-46,51H,5,17,31,43H2.